The van der Waals surface area contributed by atoms with E-state index in [1.54, 1.807) is 32.2 Å². The number of fused-ring (bicyclic) bond motifs is 1. The molecule has 0 fully saturated rings. The van der Waals surface area contributed by atoms with E-state index < -0.39 is 0 Å². The van der Waals surface area contributed by atoms with Crippen molar-refractivity contribution in [1.82, 2.24) is 15.6 Å². The van der Waals surface area contributed by atoms with Crippen LogP contribution in [0.2, 0.25) is 0 Å². The minimum absolute atomic E-state index is 0.0862. The Labute approximate surface area is 168 Å². The van der Waals surface area contributed by atoms with Gasteiger partial charge in [0, 0.05) is 24.5 Å². The third kappa shape index (κ3) is 5.28. The highest BCUT2D eigenvalue weighted by Gasteiger charge is 2.12. The summed E-state index contributed by atoms with van der Waals surface area (Å²) in [5, 5.41) is 6.32. The molecule has 0 aliphatic carbocycles. The molecule has 3 rings (SSSR count). The molecule has 0 saturated heterocycles. The van der Waals surface area contributed by atoms with Crippen molar-refractivity contribution in [3.05, 3.63) is 71.2 Å². The Hall–Kier alpha value is -3.48. The number of amides is 2. The van der Waals surface area contributed by atoms with Crippen LogP contribution in [0.4, 0.5) is 4.39 Å². The lowest BCUT2D eigenvalue weighted by molar-refractivity contribution is -0.120. The van der Waals surface area contributed by atoms with E-state index >= 15 is 0 Å². The van der Waals surface area contributed by atoms with Crippen LogP contribution < -0.4 is 15.4 Å². The van der Waals surface area contributed by atoms with Crippen molar-refractivity contribution in [1.29, 1.82) is 0 Å². The summed E-state index contributed by atoms with van der Waals surface area (Å²) >= 11 is 0. The van der Waals surface area contributed by atoms with Crippen molar-refractivity contribution < 1.29 is 18.7 Å². The quantitative estimate of drug-likeness (QED) is 0.603. The minimum Gasteiger partial charge on any atom is -0.497 e. The summed E-state index contributed by atoms with van der Waals surface area (Å²) in [5.41, 5.74) is 2.44. The van der Waals surface area contributed by atoms with Crippen LogP contribution in [0.5, 0.6) is 5.75 Å². The van der Waals surface area contributed by atoms with Gasteiger partial charge in [0.25, 0.3) is 5.91 Å². The number of benzene rings is 2. The number of aryl methyl sites for hydroxylation is 1. The largest absolute Gasteiger partial charge is 0.497 e. The number of pyridine rings is 1. The van der Waals surface area contributed by atoms with Crippen LogP contribution in [-0.2, 0) is 11.2 Å². The van der Waals surface area contributed by atoms with E-state index in [0.29, 0.717) is 22.6 Å². The van der Waals surface area contributed by atoms with E-state index in [0.717, 1.165) is 10.9 Å². The van der Waals surface area contributed by atoms with Crippen molar-refractivity contribution in [2.45, 2.75) is 13.3 Å². The molecule has 6 nitrogen and oxygen atoms in total. The van der Waals surface area contributed by atoms with Gasteiger partial charge in [0.05, 0.1) is 30.3 Å². The monoisotopic (exact) mass is 395 g/mol. The molecule has 0 atom stereocenters. The van der Waals surface area contributed by atoms with Gasteiger partial charge in [0.15, 0.2) is 0 Å². The first-order chi connectivity index (χ1) is 14.0. The topological polar surface area (TPSA) is 80.3 Å². The van der Waals surface area contributed by atoms with E-state index in [9.17, 15) is 14.0 Å². The first-order valence-electron chi connectivity index (χ1n) is 9.21. The molecule has 3 aromatic rings. The average molecular weight is 395 g/mol. The van der Waals surface area contributed by atoms with Gasteiger partial charge in [-0.2, -0.15) is 0 Å². The van der Waals surface area contributed by atoms with Crippen LogP contribution in [0, 0.1) is 12.7 Å². The zero-order valence-corrected chi connectivity index (χ0v) is 16.3. The molecule has 7 heteroatoms. The molecular formula is C22H22FN3O3. The maximum atomic E-state index is 13.2. The number of methoxy groups -OCH3 is 1. The molecule has 150 valence electrons. The van der Waals surface area contributed by atoms with Gasteiger partial charge in [-0.1, -0.05) is 12.1 Å². The molecule has 0 aliphatic rings. The Kier molecular flexibility index (Phi) is 6.39. The van der Waals surface area contributed by atoms with Gasteiger partial charge in [0.2, 0.25) is 5.91 Å². The summed E-state index contributed by atoms with van der Waals surface area (Å²) in [6.45, 7) is 2.32. The number of halogens is 1. The highest BCUT2D eigenvalue weighted by Crippen LogP contribution is 2.21. The van der Waals surface area contributed by atoms with Gasteiger partial charge in [-0.25, -0.2) is 4.39 Å². The van der Waals surface area contributed by atoms with Crippen molar-refractivity contribution in [3.8, 4) is 5.75 Å². The smallest absolute Gasteiger partial charge is 0.253 e. The summed E-state index contributed by atoms with van der Waals surface area (Å²) in [6, 6.07) is 13.2. The molecule has 0 spiro atoms. The fourth-order valence-corrected chi connectivity index (χ4v) is 2.97. The van der Waals surface area contributed by atoms with Crippen molar-refractivity contribution in [2.75, 3.05) is 20.2 Å². The molecule has 29 heavy (non-hydrogen) atoms. The Morgan fingerprint density at radius 3 is 2.62 bits per heavy atom. The number of rotatable bonds is 7. The number of hydrogen-bond donors (Lipinski definition) is 2. The molecule has 0 aliphatic heterocycles. The SMILES string of the molecule is COc1ccc2cc(C(=O)NCCNC(=O)Cc3cccc(F)c3)c(C)nc2c1. The van der Waals surface area contributed by atoms with E-state index in [4.69, 9.17) is 4.74 Å². The molecule has 1 aromatic heterocycles. The second-order valence-electron chi connectivity index (χ2n) is 6.59. The summed E-state index contributed by atoms with van der Waals surface area (Å²) in [4.78, 5) is 28.9. The Bertz CT molecular complexity index is 1050. The zero-order valence-electron chi connectivity index (χ0n) is 16.3. The fourth-order valence-electron chi connectivity index (χ4n) is 2.97. The van der Waals surface area contributed by atoms with Crippen LogP contribution in [0.1, 0.15) is 21.6 Å². The maximum absolute atomic E-state index is 13.2. The number of aromatic nitrogens is 1. The number of carbonyl (C=O) groups excluding carboxylic acids is 2. The second-order valence-corrected chi connectivity index (χ2v) is 6.59. The number of nitrogens with zero attached hydrogens (tertiary/aromatic N) is 1. The predicted octanol–water partition coefficient (Wildman–Crippen LogP) is 2.78. The van der Waals surface area contributed by atoms with E-state index in [1.807, 2.05) is 18.2 Å². The van der Waals surface area contributed by atoms with Gasteiger partial charge in [-0.15, -0.1) is 0 Å². The van der Waals surface area contributed by atoms with Gasteiger partial charge >= 0.3 is 0 Å². The van der Waals surface area contributed by atoms with Crippen LogP contribution in [0.15, 0.2) is 48.5 Å². The van der Waals surface area contributed by atoms with Crippen molar-refractivity contribution in [2.24, 2.45) is 0 Å². The van der Waals surface area contributed by atoms with Gasteiger partial charge in [-0.05, 0) is 42.8 Å². The van der Waals surface area contributed by atoms with Crippen molar-refractivity contribution in [3.63, 3.8) is 0 Å². The predicted molar refractivity (Wildman–Crippen MR) is 108 cm³/mol. The number of hydrogen-bond acceptors (Lipinski definition) is 4. The highest BCUT2D eigenvalue weighted by atomic mass is 19.1. The lowest BCUT2D eigenvalue weighted by atomic mass is 10.1. The Morgan fingerprint density at radius 1 is 1.07 bits per heavy atom. The molecule has 2 amide bonds. The van der Waals surface area contributed by atoms with Gasteiger partial charge in [0.1, 0.15) is 11.6 Å². The van der Waals surface area contributed by atoms with E-state index in [1.165, 1.54) is 12.1 Å². The zero-order chi connectivity index (χ0) is 20.8. The number of ether oxygens (including phenoxy) is 1. The molecule has 0 bridgehead atoms. The van der Waals surface area contributed by atoms with Gasteiger partial charge in [-0.3, -0.25) is 14.6 Å². The number of carbonyl (C=O) groups is 2. The molecule has 0 unspecified atom stereocenters. The van der Waals surface area contributed by atoms with Crippen LogP contribution in [-0.4, -0.2) is 37.0 Å². The maximum Gasteiger partial charge on any atom is 0.253 e. The van der Waals surface area contributed by atoms with E-state index in [2.05, 4.69) is 15.6 Å². The normalized spacial score (nSPS) is 10.6. The molecule has 0 saturated carbocycles. The van der Waals surface area contributed by atoms with Gasteiger partial charge < -0.3 is 15.4 Å². The van der Waals surface area contributed by atoms with Crippen molar-refractivity contribution >= 4 is 22.7 Å². The highest BCUT2D eigenvalue weighted by molar-refractivity contribution is 5.98. The first-order valence-corrected chi connectivity index (χ1v) is 9.21. The molecule has 2 aromatic carbocycles. The average Bonchev–Trinajstić information content (AvgIpc) is 2.70. The lowest BCUT2D eigenvalue weighted by Gasteiger charge is -2.10. The molecular weight excluding hydrogens is 373 g/mol. The standard InChI is InChI=1S/C22H22FN3O3/c1-14-19(12-16-6-7-18(29-2)13-20(16)26-14)22(28)25-9-8-24-21(27)11-15-4-3-5-17(23)10-15/h3-7,10,12-13H,8-9,11H2,1-2H3,(H,24,27)(H,25,28). The summed E-state index contributed by atoms with van der Waals surface area (Å²) < 4.78 is 18.3. The molecule has 2 N–H and O–H groups in total. The van der Waals surface area contributed by atoms with Crippen LogP contribution >= 0.6 is 0 Å². The summed E-state index contributed by atoms with van der Waals surface area (Å²) in [6.07, 6.45) is 0.0862. The first kappa shape index (κ1) is 20.3. The second kappa shape index (κ2) is 9.14. The Balaban J connectivity index is 1.52. The van der Waals surface area contributed by atoms with E-state index in [-0.39, 0.29) is 37.1 Å². The number of nitrogens with one attached hydrogen (secondary N) is 2. The summed E-state index contributed by atoms with van der Waals surface area (Å²) in [5.74, 6) is -0.162. The van der Waals surface area contributed by atoms with Crippen LogP contribution in [0.25, 0.3) is 10.9 Å². The third-order valence-corrected chi connectivity index (χ3v) is 4.45. The van der Waals surface area contributed by atoms with Crippen LogP contribution in [0.3, 0.4) is 0 Å². The lowest BCUT2D eigenvalue weighted by Crippen LogP contribution is -2.35. The minimum atomic E-state index is -0.375. The molecule has 0 radical (unpaired) electrons. The fraction of sp³-hybridized carbons (Fsp3) is 0.227. The third-order valence-electron chi connectivity index (χ3n) is 4.45. The molecule has 1 heterocycles. The summed E-state index contributed by atoms with van der Waals surface area (Å²) in [7, 11) is 1.59. The Morgan fingerprint density at radius 2 is 1.86 bits per heavy atom.